The second-order valence-corrected chi connectivity index (χ2v) is 15.3. The van der Waals surface area contributed by atoms with E-state index in [1.807, 2.05) is 45.8 Å². The molecule has 272 valence electrons. The van der Waals surface area contributed by atoms with E-state index in [9.17, 15) is 24.9 Å². The number of benzene rings is 2. The Bertz CT molecular complexity index is 2140. The average molecular weight is 743 g/mol. The molecule has 0 radical (unpaired) electrons. The number of aromatic nitrogens is 4. The van der Waals surface area contributed by atoms with E-state index in [4.69, 9.17) is 4.74 Å². The summed E-state index contributed by atoms with van der Waals surface area (Å²) >= 11 is 2.70. The number of nitrogens with one attached hydrogen (secondary N) is 2. The number of rotatable bonds is 14. The number of phenols is 1. The van der Waals surface area contributed by atoms with E-state index in [1.165, 1.54) is 34.8 Å². The molecule has 2 aromatic carbocycles. The molecule has 0 saturated heterocycles. The highest BCUT2D eigenvalue weighted by molar-refractivity contribution is 7.12. The lowest BCUT2D eigenvalue weighted by Crippen LogP contribution is -2.42. The Kier molecular flexibility index (Phi) is 10.8. The van der Waals surface area contributed by atoms with E-state index in [0.717, 1.165) is 61.8 Å². The lowest BCUT2D eigenvalue weighted by molar-refractivity contribution is -0.169. The molecule has 0 spiro atoms. The van der Waals surface area contributed by atoms with Crippen LogP contribution in [-0.4, -0.2) is 78.4 Å². The van der Waals surface area contributed by atoms with Gasteiger partial charge in [0.1, 0.15) is 17.4 Å². The number of aliphatic hydroxyl groups excluding tert-OH is 1. The number of aromatic amines is 1. The van der Waals surface area contributed by atoms with Gasteiger partial charge < -0.3 is 35.3 Å². The van der Waals surface area contributed by atoms with Gasteiger partial charge in [-0.05, 0) is 104 Å². The molecule has 14 heteroatoms. The van der Waals surface area contributed by atoms with Crippen LogP contribution in [0.25, 0.3) is 21.9 Å². The van der Waals surface area contributed by atoms with Crippen molar-refractivity contribution in [3.05, 3.63) is 109 Å². The number of aliphatic hydroxyl groups is 2. The van der Waals surface area contributed by atoms with Gasteiger partial charge in [-0.15, -0.1) is 27.8 Å². The molecule has 4 heterocycles. The standard InChI is InChI=1S/C38H42N6O6S2/c1-43(25-8-10-26(11-9-25)50-37(48)38(49,33-5-2-19-51-33)34-6-3-20-52-34)17-4-18-44-30-14-7-24(21-29(30)41-42-44)22-39-23-32(46)27-12-15-31(45)36-28(27)13-16-35(47)40-36/h2-3,5-7,12-16,19-21,25-26,32,39,45-46,49H,4,8-11,17-18,22-23H2,1H3,(H,40,47)/t25?,26?,32-/m0/s1. The third-order valence-electron chi connectivity index (χ3n) is 9.98. The average Bonchev–Trinajstić information content (AvgIpc) is 3.96. The SMILES string of the molecule is CN(CCCn1nnc2cc(CNC[C@H](O)c3ccc(O)c4[nH]c(=O)ccc34)ccc21)C1CCC(OC(=O)C(O)(c2cccs2)c2cccs2)CC1. The van der Waals surface area contributed by atoms with Gasteiger partial charge in [0.05, 0.1) is 26.9 Å². The number of hydrogen-bond donors (Lipinski definition) is 5. The van der Waals surface area contributed by atoms with Gasteiger partial charge in [-0.3, -0.25) is 4.79 Å². The van der Waals surface area contributed by atoms with Crippen LogP contribution in [0.3, 0.4) is 0 Å². The predicted molar refractivity (Wildman–Crippen MR) is 201 cm³/mol. The molecule has 1 atom stereocenters. The lowest BCUT2D eigenvalue weighted by atomic mass is 9.91. The fraction of sp³-hybridized carbons (Fsp3) is 0.368. The Morgan fingerprint density at radius 2 is 1.83 bits per heavy atom. The van der Waals surface area contributed by atoms with Gasteiger partial charge in [0.2, 0.25) is 11.2 Å². The number of carbonyl (C=O) groups is 1. The minimum atomic E-state index is -1.78. The summed E-state index contributed by atoms with van der Waals surface area (Å²) in [6, 6.07) is 19.8. The van der Waals surface area contributed by atoms with E-state index in [0.29, 0.717) is 38.8 Å². The summed E-state index contributed by atoms with van der Waals surface area (Å²) in [7, 11) is 2.14. The molecule has 0 aliphatic heterocycles. The molecule has 0 unspecified atom stereocenters. The number of ether oxygens (including phenoxy) is 1. The molecule has 6 aromatic rings. The molecule has 1 aliphatic rings. The number of thiophene rings is 2. The number of phenolic OH excluding ortho intramolecular Hbond substituents is 1. The Hall–Kier alpha value is -4.44. The third kappa shape index (κ3) is 7.54. The van der Waals surface area contributed by atoms with Crippen LogP contribution in [0.1, 0.15) is 59.1 Å². The molecule has 0 amide bonds. The number of aromatic hydroxyl groups is 1. The van der Waals surface area contributed by atoms with Crippen molar-refractivity contribution in [1.82, 2.24) is 30.2 Å². The quantitative estimate of drug-likeness (QED) is 0.0956. The molecule has 4 aromatic heterocycles. The highest BCUT2D eigenvalue weighted by atomic mass is 32.1. The van der Waals surface area contributed by atoms with Crippen LogP contribution < -0.4 is 10.9 Å². The van der Waals surface area contributed by atoms with E-state index in [-0.39, 0.29) is 24.0 Å². The Balaban J connectivity index is 0.861. The zero-order chi connectivity index (χ0) is 36.2. The fourth-order valence-corrected chi connectivity index (χ4v) is 8.80. The molecule has 5 N–H and O–H groups in total. The van der Waals surface area contributed by atoms with Crippen LogP contribution >= 0.6 is 22.7 Å². The molecule has 12 nitrogen and oxygen atoms in total. The van der Waals surface area contributed by atoms with Crippen LogP contribution in [0.4, 0.5) is 0 Å². The summed E-state index contributed by atoms with van der Waals surface area (Å²) in [6.45, 7) is 2.42. The topological polar surface area (TPSA) is 166 Å². The maximum absolute atomic E-state index is 13.4. The molecule has 0 bridgehead atoms. The molecule has 1 aliphatic carbocycles. The first kappa shape index (κ1) is 35.9. The van der Waals surface area contributed by atoms with Crippen molar-refractivity contribution in [2.24, 2.45) is 0 Å². The van der Waals surface area contributed by atoms with Gasteiger partial charge in [-0.2, -0.15) is 0 Å². The fourth-order valence-electron chi connectivity index (χ4n) is 7.09. The second kappa shape index (κ2) is 15.7. The number of hydrogen-bond acceptors (Lipinski definition) is 12. The summed E-state index contributed by atoms with van der Waals surface area (Å²) in [4.78, 5) is 31.2. The molecule has 1 fully saturated rings. The zero-order valence-corrected chi connectivity index (χ0v) is 30.4. The first-order valence-corrected chi connectivity index (χ1v) is 19.2. The number of nitrogens with zero attached hydrogens (tertiary/aromatic N) is 4. The Morgan fingerprint density at radius 3 is 2.54 bits per heavy atom. The van der Waals surface area contributed by atoms with Gasteiger partial charge in [-0.1, -0.05) is 29.5 Å². The van der Waals surface area contributed by atoms with Crippen molar-refractivity contribution in [1.29, 1.82) is 0 Å². The minimum absolute atomic E-state index is 0.0414. The third-order valence-corrected chi connectivity index (χ3v) is 11.9. The van der Waals surface area contributed by atoms with Crippen LogP contribution in [0.2, 0.25) is 0 Å². The highest BCUT2D eigenvalue weighted by Gasteiger charge is 2.45. The van der Waals surface area contributed by atoms with Gasteiger partial charge >= 0.3 is 5.97 Å². The molecule has 7 rings (SSSR count). The summed E-state index contributed by atoms with van der Waals surface area (Å²) in [6.07, 6.45) is 3.18. The molecule has 52 heavy (non-hydrogen) atoms. The maximum atomic E-state index is 13.4. The molecule has 1 saturated carbocycles. The Morgan fingerprint density at radius 1 is 1.08 bits per heavy atom. The summed E-state index contributed by atoms with van der Waals surface area (Å²) in [5, 5.41) is 49.0. The summed E-state index contributed by atoms with van der Waals surface area (Å²) in [5.74, 6) is -0.642. The highest BCUT2D eigenvalue weighted by Crippen LogP contribution is 2.38. The van der Waals surface area contributed by atoms with E-state index >= 15 is 0 Å². The Labute approximate surface area is 308 Å². The first-order valence-electron chi connectivity index (χ1n) is 17.5. The number of H-pyrrole nitrogens is 1. The van der Waals surface area contributed by atoms with Crippen LogP contribution in [0.15, 0.2) is 82.3 Å². The minimum Gasteiger partial charge on any atom is -0.506 e. The van der Waals surface area contributed by atoms with Crippen molar-refractivity contribution >= 4 is 50.6 Å². The van der Waals surface area contributed by atoms with Crippen molar-refractivity contribution in [3.8, 4) is 5.75 Å². The summed E-state index contributed by atoms with van der Waals surface area (Å²) in [5.41, 5.74) is 1.60. The molecular formula is C38H42N6O6S2. The van der Waals surface area contributed by atoms with Crippen molar-refractivity contribution < 1.29 is 24.9 Å². The zero-order valence-electron chi connectivity index (χ0n) is 28.8. The summed E-state index contributed by atoms with van der Waals surface area (Å²) < 4.78 is 7.87. The number of esters is 1. The van der Waals surface area contributed by atoms with Gasteiger partial charge in [0.25, 0.3) is 0 Å². The second-order valence-electron chi connectivity index (χ2n) is 13.4. The van der Waals surface area contributed by atoms with Crippen LogP contribution in [0.5, 0.6) is 5.75 Å². The number of carbonyl (C=O) groups excluding carboxylic acids is 1. The van der Waals surface area contributed by atoms with Crippen molar-refractivity contribution in [3.63, 3.8) is 0 Å². The van der Waals surface area contributed by atoms with Gasteiger partial charge in [0, 0.05) is 37.1 Å². The number of fused-ring (bicyclic) bond motifs is 2. The largest absolute Gasteiger partial charge is 0.506 e. The number of pyridine rings is 1. The van der Waals surface area contributed by atoms with Gasteiger partial charge in [0.15, 0.2) is 0 Å². The van der Waals surface area contributed by atoms with E-state index in [2.05, 4.69) is 32.6 Å². The lowest BCUT2D eigenvalue weighted by Gasteiger charge is -2.35. The van der Waals surface area contributed by atoms with Crippen molar-refractivity contribution in [2.75, 3.05) is 20.1 Å². The van der Waals surface area contributed by atoms with Crippen molar-refractivity contribution in [2.45, 2.75) is 69.0 Å². The monoisotopic (exact) mass is 742 g/mol. The normalized spacial score (nSPS) is 17.2. The maximum Gasteiger partial charge on any atom is 0.349 e. The van der Waals surface area contributed by atoms with Gasteiger partial charge in [-0.25, -0.2) is 9.48 Å². The smallest absolute Gasteiger partial charge is 0.349 e. The predicted octanol–water partition coefficient (Wildman–Crippen LogP) is 5.04. The van der Waals surface area contributed by atoms with E-state index < -0.39 is 17.7 Å². The molecular weight excluding hydrogens is 701 g/mol. The number of aryl methyl sites for hydroxylation is 1. The van der Waals surface area contributed by atoms with E-state index in [1.54, 1.807) is 24.3 Å². The first-order chi connectivity index (χ1) is 25.2. The van der Waals surface area contributed by atoms with Crippen LogP contribution in [-0.2, 0) is 28.2 Å². The van der Waals surface area contributed by atoms with Crippen LogP contribution in [0, 0.1) is 0 Å².